The monoisotopic (exact) mass is 335 g/mol. The van der Waals surface area contributed by atoms with E-state index in [4.69, 9.17) is 11.6 Å². The second-order valence-electron chi connectivity index (χ2n) is 5.63. The highest BCUT2D eigenvalue weighted by Gasteiger charge is 2.11. The summed E-state index contributed by atoms with van der Waals surface area (Å²) in [6.45, 7) is 0.482. The van der Waals surface area contributed by atoms with Crippen molar-refractivity contribution in [1.82, 2.24) is 5.32 Å². The zero-order valence-electron chi connectivity index (χ0n) is 13.2. The number of carbonyl (C=O) groups is 1. The van der Waals surface area contributed by atoms with Gasteiger partial charge in [0.25, 0.3) is 5.91 Å². The fourth-order valence-corrected chi connectivity index (χ4v) is 2.72. The topological polar surface area (TPSA) is 29.1 Å². The van der Waals surface area contributed by atoms with Crippen molar-refractivity contribution in [2.45, 2.75) is 13.0 Å². The van der Waals surface area contributed by atoms with Crippen LogP contribution in [0.3, 0.4) is 0 Å². The molecule has 3 rings (SSSR count). The average molecular weight is 336 g/mol. The van der Waals surface area contributed by atoms with E-state index in [0.29, 0.717) is 11.6 Å². The molecule has 0 spiro atoms. The summed E-state index contributed by atoms with van der Waals surface area (Å²) >= 11 is 5.88. The first-order valence-corrected chi connectivity index (χ1v) is 8.24. The fourth-order valence-electron chi connectivity index (χ4n) is 2.59. The van der Waals surface area contributed by atoms with E-state index >= 15 is 0 Å². The number of benzene rings is 3. The first-order chi connectivity index (χ1) is 11.7. The van der Waals surface area contributed by atoms with E-state index < -0.39 is 0 Å². The normalized spacial score (nSPS) is 10.4. The Morgan fingerprint density at radius 3 is 2.21 bits per heavy atom. The molecular weight excluding hydrogens is 318 g/mol. The van der Waals surface area contributed by atoms with Crippen LogP contribution in [0.2, 0.25) is 5.02 Å². The molecule has 1 N–H and O–H groups in total. The molecule has 0 fully saturated rings. The molecule has 0 aliphatic rings. The van der Waals surface area contributed by atoms with Crippen LogP contribution in [0.15, 0.2) is 78.9 Å². The summed E-state index contributed by atoms with van der Waals surface area (Å²) in [5, 5.41) is 3.67. The molecule has 3 aromatic rings. The van der Waals surface area contributed by atoms with Crippen molar-refractivity contribution < 1.29 is 4.79 Å². The van der Waals surface area contributed by atoms with Gasteiger partial charge in [0.15, 0.2) is 0 Å². The van der Waals surface area contributed by atoms with Crippen LogP contribution in [-0.2, 0) is 13.0 Å². The molecule has 3 heteroatoms. The molecule has 0 atom stereocenters. The van der Waals surface area contributed by atoms with Gasteiger partial charge in [0.1, 0.15) is 0 Å². The van der Waals surface area contributed by atoms with Crippen LogP contribution in [0, 0.1) is 0 Å². The van der Waals surface area contributed by atoms with Crippen LogP contribution in [0.4, 0.5) is 0 Å². The van der Waals surface area contributed by atoms with Gasteiger partial charge in [0.2, 0.25) is 0 Å². The summed E-state index contributed by atoms with van der Waals surface area (Å²) in [6, 6.07) is 25.4. The Balaban J connectivity index is 1.71. The minimum Gasteiger partial charge on any atom is -0.348 e. The van der Waals surface area contributed by atoms with Gasteiger partial charge < -0.3 is 5.32 Å². The average Bonchev–Trinajstić information content (AvgIpc) is 2.62. The van der Waals surface area contributed by atoms with Gasteiger partial charge in [-0.1, -0.05) is 72.3 Å². The van der Waals surface area contributed by atoms with Crippen LogP contribution in [0.5, 0.6) is 0 Å². The predicted molar refractivity (Wildman–Crippen MR) is 98.3 cm³/mol. The van der Waals surface area contributed by atoms with Crippen molar-refractivity contribution >= 4 is 17.5 Å². The summed E-state index contributed by atoms with van der Waals surface area (Å²) in [5.74, 6) is -0.0588. The van der Waals surface area contributed by atoms with E-state index in [-0.39, 0.29) is 5.91 Å². The summed E-state index contributed by atoms with van der Waals surface area (Å²) in [7, 11) is 0. The van der Waals surface area contributed by atoms with Crippen molar-refractivity contribution in [2.75, 3.05) is 0 Å². The lowest BCUT2D eigenvalue weighted by molar-refractivity contribution is 0.0950. The van der Waals surface area contributed by atoms with Crippen molar-refractivity contribution in [3.63, 3.8) is 0 Å². The molecular formula is C21H18ClNO. The first kappa shape index (κ1) is 16.3. The third-order valence-corrected chi connectivity index (χ3v) is 4.12. The molecule has 1 amide bonds. The minimum atomic E-state index is -0.0588. The summed E-state index contributed by atoms with van der Waals surface area (Å²) < 4.78 is 0. The van der Waals surface area contributed by atoms with Gasteiger partial charge in [0, 0.05) is 17.1 Å². The first-order valence-electron chi connectivity index (χ1n) is 7.87. The molecule has 120 valence electrons. The van der Waals surface area contributed by atoms with E-state index in [9.17, 15) is 4.79 Å². The number of carbonyl (C=O) groups excluding carboxylic acids is 1. The maximum absolute atomic E-state index is 12.6. The third kappa shape index (κ3) is 4.24. The Morgan fingerprint density at radius 2 is 1.46 bits per heavy atom. The molecule has 0 aromatic heterocycles. The molecule has 0 heterocycles. The van der Waals surface area contributed by atoms with Crippen molar-refractivity contribution in [1.29, 1.82) is 0 Å². The quantitative estimate of drug-likeness (QED) is 0.708. The highest BCUT2D eigenvalue weighted by molar-refractivity contribution is 6.30. The molecule has 0 aliphatic carbocycles. The standard InChI is InChI=1S/C21H18ClNO/c22-19-12-10-17(11-13-19)15-23-21(24)20-9-5-4-8-18(20)14-16-6-2-1-3-7-16/h1-13H,14-15H2,(H,23,24). The predicted octanol–water partition coefficient (Wildman–Crippen LogP) is 4.86. The van der Waals surface area contributed by atoms with Crippen LogP contribution >= 0.6 is 11.6 Å². The van der Waals surface area contributed by atoms with E-state index in [2.05, 4.69) is 17.4 Å². The van der Waals surface area contributed by atoms with Crippen molar-refractivity contribution in [3.8, 4) is 0 Å². The SMILES string of the molecule is O=C(NCc1ccc(Cl)cc1)c1ccccc1Cc1ccccc1. The summed E-state index contributed by atoms with van der Waals surface area (Å²) in [4.78, 5) is 12.6. The van der Waals surface area contributed by atoms with Gasteiger partial charge in [-0.2, -0.15) is 0 Å². The zero-order chi connectivity index (χ0) is 16.8. The lowest BCUT2D eigenvalue weighted by Crippen LogP contribution is -2.24. The summed E-state index contributed by atoms with van der Waals surface area (Å²) in [6.07, 6.45) is 0.741. The van der Waals surface area contributed by atoms with Gasteiger partial charge in [-0.05, 0) is 41.3 Å². The number of hydrogen-bond acceptors (Lipinski definition) is 1. The Hall–Kier alpha value is -2.58. The number of rotatable bonds is 5. The zero-order valence-corrected chi connectivity index (χ0v) is 14.0. The summed E-state index contributed by atoms with van der Waals surface area (Å²) in [5.41, 5.74) is 3.95. The second kappa shape index (κ2) is 7.80. The van der Waals surface area contributed by atoms with E-state index in [1.54, 1.807) is 0 Å². The van der Waals surface area contributed by atoms with Gasteiger partial charge in [-0.25, -0.2) is 0 Å². The van der Waals surface area contributed by atoms with Gasteiger partial charge in [0.05, 0.1) is 0 Å². The molecule has 24 heavy (non-hydrogen) atoms. The van der Waals surface area contributed by atoms with Crippen LogP contribution in [0.1, 0.15) is 27.0 Å². The van der Waals surface area contributed by atoms with Gasteiger partial charge >= 0.3 is 0 Å². The Labute approximate surface area is 147 Å². The van der Waals surface area contributed by atoms with Crippen molar-refractivity contribution in [2.24, 2.45) is 0 Å². The smallest absolute Gasteiger partial charge is 0.251 e. The molecule has 0 saturated heterocycles. The Kier molecular flexibility index (Phi) is 5.29. The molecule has 0 unspecified atom stereocenters. The fraction of sp³-hybridized carbons (Fsp3) is 0.0952. The lowest BCUT2D eigenvalue weighted by atomic mass is 9.99. The van der Waals surface area contributed by atoms with Crippen molar-refractivity contribution in [3.05, 3.63) is 106 Å². The Bertz CT molecular complexity index is 813. The molecule has 3 aromatic carbocycles. The highest BCUT2D eigenvalue weighted by Crippen LogP contribution is 2.15. The van der Waals surface area contributed by atoms with Gasteiger partial charge in [-0.3, -0.25) is 4.79 Å². The van der Waals surface area contributed by atoms with E-state index in [1.807, 2.05) is 66.7 Å². The third-order valence-electron chi connectivity index (χ3n) is 3.87. The molecule has 2 nitrogen and oxygen atoms in total. The molecule has 0 saturated carbocycles. The molecule has 0 aliphatic heterocycles. The van der Waals surface area contributed by atoms with Crippen LogP contribution in [0.25, 0.3) is 0 Å². The van der Waals surface area contributed by atoms with E-state index in [1.165, 1.54) is 5.56 Å². The second-order valence-corrected chi connectivity index (χ2v) is 6.07. The minimum absolute atomic E-state index is 0.0588. The number of hydrogen-bond donors (Lipinski definition) is 1. The lowest BCUT2D eigenvalue weighted by Gasteiger charge is -2.10. The number of nitrogens with one attached hydrogen (secondary N) is 1. The number of amides is 1. The molecule has 0 bridgehead atoms. The highest BCUT2D eigenvalue weighted by atomic mass is 35.5. The maximum Gasteiger partial charge on any atom is 0.251 e. The largest absolute Gasteiger partial charge is 0.348 e. The molecule has 0 radical (unpaired) electrons. The van der Waals surface area contributed by atoms with E-state index in [0.717, 1.165) is 23.1 Å². The van der Waals surface area contributed by atoms with Crippen LogP contribution < -0.4 is 5.32 Å². The van der Waals surface area contributed by atoms with Crippen LogP contribution in [-0.4, -0.2) is 5.91 Å². The van der Waals surface area contributed by atoms with Gasteiger partial charge in [-0.15, -0.1) is 0 Å². The Morgan fingerprint density at radius 1 is 0.792 bits per heavy atom. The number of halogens is 1. The maximum atomic E-state index is 12.6.